The Morgan fingerprint density at radius 1 is 1.33 bits per heavy atom. The molecule has 2 heterocycles. The van der Waals surface area contributed by atoms with Gasteiger partial charge in [-0.3, -0.25) is 19.7 Å². The highest BCUT2D eigenvalue weighted by Crippen LogP contribution is 2.45. The number of amides is 2. The maximum atomic E-state index is 14.4. The van der Waals surface area contributed by atoms with E-state index in [9.17, 15) is 23.9 Å². The first-order valence-corrected chi connectivity index (χ1v) is 10.5. The number of aromatic nitrogens is 1. The van der Waals surface area contributed by atoms with Gasteiger partial charge in [-0.15, -0.1) is 0 Å². The minimum atomic E-state index is -0.912. The fourth-order valence-corrected chi connectivity index (χ4v) is 4.17. The third-order valence-corrected chi connectivity index (χ3v) is 6.38. The lowest BCUT2D eigenvalue weighted by molar-refractivity contribution is -0.126. The van der Waals surface area contributed by atoms with Gasteiger partial charge in [0, 0.05) is 22.3 Å². The number of nitrogens with zero attached hydrogens (tertiary/aromatic N) is 1. The Morgan fingerprint density at radius 2 is 2.07 bits per heavy atom. The molecule has 9 heteroatoms. The molecule has 7 nitrogen and oxygen atoms in total. The Bertz CT molecular complexity index is 1120. The highest BCUT2D eigenvalue weighted by atomic mass is 79.9. The fraction of sp³-hybridized carbons (Fsp3) is 0.381. The molecule has 4 rings (SSSR count). The first-order chi connectivity index (χ1) is 14.3. The standard InChI is InChI=1S/C21H21BrFN3O4/c1-11-17(24-14-5-4-12(22)9-13(14)23)16(15-3-2-8-26(15)19(11)29)18(28)25-20(30)21(10-27)6-7-21/h4-5,9,24,27H,2-3,6-8,10H2,1H3,(H,25,28,30). The maximum Gasteiger partial charge on any atom is 0.261 e. The predicted octanol–water partition coefficient (Wildman–Crippen LogP) is 2.78. The molecule has 0 saturated heterocycles. The number of benzene rings is 1. The van der Waals surface area contributed by atoms with Gasteiger partial charge < -0.3 is 15.0 Å². The number of carbonyl (C=O) groups is 2. The van der Waals surface area contributed by atoms with Gasteiger partial charge in [-0.1, -0.05) is 15.9 Å². The van der Waals surface area contributed by atoms with Crippen LogP contribution in [0.4, 0.5) is 15.8 Å². The lowest BCUT2D eigenvalue weighted by atomic mass is 10.0. The number of carbonyl (C=O) groups excluding carboxylic acids is 2. The fourth-order valence-electron chi connectivity index (χ4n) is 3.83. The molecule has 0 atom stereocenters. The number of aliphatic hydroxyl groups is 1. The van der Waals surface area contributed by atoms with Crippen LogP contribution in [0.3, 0.4) is 0 Å². The predicted molar refractivity (Wildman–Crippen MR) is 112 cm³/mol. The van der Waals surface area contributed by atoms with Crippen LogP contribution >= 0.6 is 15.9 Å². The minimum absolute atomic E-state index is 0.109. The summed E-state index contributed by atoms with van der Waals surface area (Å²) in [5.74, 6) is -1.74. The van der Waals surface area contributed by atoms with E-state index in [-0.39, 0.29) is 34.7 Å². The first-order valence-electron chi connectivity index (χ1n) is 9.72. The molecule has 0 bridgehead atoms. The smallest absolute Gasteiger partial charge is 0.261 e. The Kier molecular flexibility index (Phi) is 5.27. The van der Waals surface area contributed by atoms with Crippen LogP contribution in [0.2, 0.25) is 0 Å². The molecule has 2 aromatic rings. The molecule has 0 radical (unpaired) electrons. The van der Waals surface area contributed by atoms with E-state index in [1.165, 1.54) is 16.7 Å². The summed E-state index contributed by atoms with van der Waals surface area (Å²) in [7, 11) is 0. The van der Waals surface area contributed by atoms with Gasteiger partial charge in [-0.05, 0) is 50.8 Å². The second kappa shape index (κ2) is 7.63. The molecular formula is C21H21BrFN3O4. The summed E-state index contributed by atoms with van der Waals surface area (Å²) in [6, 6.07) is 4.42. The van der Waals surface area contributed by atoms with Crippen molar-refractivity contribution in [1.29, 1.82) is 0 Å². The second-order valence-corrected chi connectivity index (χ2v) is 8.77. The van der Waals surface area contributed by atoms with Crippen LogP contribution in [0.5, 0.6) is 0 Å². The molecule has 1 fully saturated rings. The number of anilines is 2. The summed E-state index contributed by atoms with van der Waals surface area (Å²) < 4.78 is 16.5. The third-order valence-electron chi connectivity index (χ3n) is 5.88. The van der Waals surface area contributed by atoms with E-state index in [0.717, 1.165) is 0 Å². The second-order valence-electron chi connectivity index (χ2n) is 7.85. The summed E-state index contributed by atoms with van der Waals surface area (Å²) in [4.78, 5) is 38.5. The van der Waals surface area contributed by atoms with Crippen molar-refractivity contribution in [3.05, 3.63) is 55.7 Å². The van der Waals surface area contributed by atoms with Crippen molar-refractivity contribution < 1.29 is 19.1 Å². The van der Waals surface area contributed by atoms with Crippen LogP contribution in [-0.2, 0) is 17.8 Å². The molecule has 1 aromatic heterocycles. The van der Waals surface area contributed by atoms with Gasteiger partial charge in [0.2, 0.25) is 5.91 Å². The van der Waals surface area contributed by atoms with E-state index < -0.39 is 23.0 Å². The number of imide groups is 1. The molecule has 1 saturated carbocycles. The molecule has 0 unspecified atom stereocenters. The van der Waals surface area contributed by atoms with Gasteiger partial charge in [-0.2, -0.15) is 0 Å². The Morgan fingerprint density at radius 3 is 2.70 bits per heavy atom. The Hall–Kier alpha value is -2.52. The number of aliphatic hydroxyl groups excluding tert-OH is 1. The van der Waals surface area contributed by atoms with Crippen LogP contribution < -0.4 is 16.2 Å². The molecule has 2 aliphatic rings. The molecular weight excluding hydrogens is 457 g/mol. The zero-order valence-electron chi connectivity index (χ0n) is 16.3. The van der Waals surface area contributed by atoms with Gasteiger partial charge in [0.05, 0.1) is 29.0 Å². The van der Waals surface area contributed by atoms with Crippen molar-refractivity contribution in [1.82, 2.24) is 9.88 Å². The van der Waals surface area contributed by atoms with E-state index in [0.29, 0.717) is 42.4 Å². The van der Waals surface area contributed by atoms with Gasteiger partial charge >= 0.3 is 0 Å². The molecule has 158 valence electrons. The molecule has 2 amide bonds. The summed E-state index contributed by atoms with van der Waals surface area (Å²) in [6.07, 6.45) is 2.22. The van der Waals surface area contributed by atoms with Crippen molar-refractivity contribution in [2.24, 2.45) is 5.41 Å². The van der Waals surface area contributed by atoms with Crippen molar-refractivity contribution in [3.8, 4) is 0 Å². The SMILES string of the molecule is Cc1c(Nc2ccc(Br)cc2F)c(C(=O)NC(=O)C2(CO)CC2)c2n(c1=O)CCC2. The monoisotopic (exact) mass is 477 g/mol. The molecule has 0 spiro atoms. The molecule has 30 heavy (non-hydrogen) atoms. The van der Waals surface area contributed by atoms with E-state index in [1.54, 1.807) is 13.0 Å². The van der Waals surface area contributed by atoms with Gasteiger partial charge in [0.1, 0.15) is 5.82 Å². The van der Waals surface area contributed by atoms with Crippen LogP contribution in [0.15, 0.2) is 27.5 Å². The number of rotatable bonds is 5. The number of fused-ring (bicyclic) bond motifs is 1. The van der Waals surface area contributed by atoms with E-state index in [1.807, 2.05) is 0 Å². The largest absolute Gasteiger partial charge is 0.395 e. The average molecular weight is 478 g/mol. The van der Waals surface area contributed by atoms with Crippen LogP contribution in [0, 0.1) is 18.2 Å². The molecule has 3 N–H and O–H groups in total. The summed E-state index contributed by atoms with van der Waals surface area (Å²) in [5, 5.41) is 14.8. The normalized spacial score (nSPS) is 16.1. The highest BCUT2D eigenvalue weighted by molar-refractivity contribution is 9.10. The highest BCUT2D eigenvalue weighted by Gasteiger charge is 2.50. The number of halogens is 2. The van der Waals surface area contributed by atoms with E-state index >= 15 is 0 Å². The van der Waals surface area contributed by atoms with Gasteiger partial charge in [0.25, 0.3) is 11.5 Å². The Balaban J connectivity index is 1.79. The lowest BCUT2D eigenvalue weighted by Gasteiger charge is -2.20. The number of pyridine rings is 1. The minimum Gasteiger partial charge on any atom is -0.395 e. The van der Waals surface area contributed by atoms with Crippen molar-refractivity contribution >= 4 is 39.1 Å². The van der Waals surface area contributed by atoms with Crippen LogP contribution in [-0.4, -0.2) is 28.1 Å². The van der Waals surface area contributed by atoms with Crippen molar-refractivity contribution in [2.45, 2.75) is 39.2 Å². The van der Waals surface area contributed by atoms with Crippen LogP contribution in [0.25, 0.3) is 0 Å². The lowest BCUT2D eigenvalue weighted by Crippen LogP contribution is -2.40. The van der Waals surface area contributed by atoms with Crippen molar-refractivity contribution in [3.63, 3.8) is 0 Å². The van der Waals surface area contributed by atoms with Gasteiger partial charge in [0.15, 0.2) is 0 Å². The van der Waals surface area contributed by atoms with E-state index in [4.69, 9.17) is 0 Å². The van der Waals surface area contributed by atoms with Gasteiger partial charge in [-0.25, -0.2) is 4.39 Å². The molecule has 1 aromatic carbocycles. The number of hydrogen-bond acceptors (Lipinski definition) is 5. The summed E-state index contributed by atoms with van der Waals surface area (Å²) in [6.45, 7) is 1.73. The summed E-state index contributed by atoms with van der Waals surface area (Å²) >= 11 is 3.20. The number of hydrogen-bond donors (Lipinski definition) is 3. The quantitative estimate of drug-likeness (QED) is 0.574. The zero-order valence-corrected chi connectivity index (χ0v) is 17.9. The topological polar surface area (TPSA) is 100 Å². The summed E-state index contributed by atoms with van der Waals surface area (Å²) in [5.41, 5.74) is 0.0823. The molecule has 1 aliphatic carbocycles. The maximum absolute atomic E-state index is 14.4. The molecule has 1 aliphatic heterocycles. The van der Waals surface area contributed by atoms with E-state index in [2.05, 4.69) is 26.6 Å². The zero-order chi connectivity index (χ0) is 21.6. The third kappa shape index (κ3) is 3.45. The van der Waals surface area contributed by atoms with Crippen LogP contribution in [0.1, 0.15) is 40.9 Å². The Labute approximate surface area is 180 Å². The first kappa shape index (κ1) is 20.7. The average Bonchev–Trinajstić information content (AvgIpc) is 3.37. The number of nitrogens with one attached hydrogen (secondary N) is 2. The van der Waals surface area contributed by atoms with Crippen molar-refractivity contribution in [2.75, 3.05) is 11.9 Å².